The van der Waals surface area contributed by atoms with Crippen LogP contribution < -0.4 is 15.6 Å². The van der Waals surface area contributed by atoms with Crippen molar-refractivity contribution in [3.8, 4) is 5.75 Å². The summed E-state index contributed by atoms with van der Waals surface area (Å²) >= 11 is 3.56. The topological polar surface area (TPSA) is 33.3 Å². The third kappa shape index (κ3) is 2.91. The van der Waals surface area contributed by atoms with E-state index >= 15 is 0 Å². The smallest absolute Gasteiger partial charge is 0.136 e. The van der Waals surface area contributed by atoms with Crippen LogP contribution in [0.5, 0.6) is 5.75 Å². The highest BCUT2D eigenvalue weighted by Crippen LogP contribution is 2.34. The van der Waals surface area contributed by atoms with Crippen molar-refractivity contribution in [2.75, 3.05) is 12.0 Å². The summed E-state index contributed by atoms with van der Waals surface area (Å²) in [5.74, 6) is 1.000. The van der Waals surface area contributed by atoms with Crippen molar-refractivity contribution in [1.29, 1.82) is 0 Å². The molecule has 0 radical (unpaired) electrons. The minimum Gasteiger partial charge on any atom is -0.492 e. The van der Waals surface area contributed by atoms with Crippen molar-refractivity contribution in [2.45, 2.75) is 13.0 Å². The average Bonchev–Trinajstić information content (AvgIpc) is 2.89. The molecule has 4 heteroatoms. The van der Waals surface area contributed by atoms with E-state index in [0.717, 1.165) is 35.5 Å². The van der Waals surface area contributed by atoms with Crippen molar-refractivity contribution in [1.82, 2.24) is 5.43 Å². The molecule has 0 amide bonds. The zero-order valence-electron chi connectivity index (χ0n) is 10.4. The van der Waals surface area contributed by atoms with E-state index in [-0.39, 0.29) is 0 Å². The van der Waals surface area contributed by atoms with Crippen LogP contribution in [0, 0.1) is 0 Å². The highest BCUT2D eigenvalue weighted by molar-refractivity contribution is 9.10. The summed E-state index contributed by atoms with van der Waals surface area (Å²) in [7, 11) is 0. The summed E-state index contributed by atoms with van der Waals surface area (Å²) in [6, 6.07) is 14.4. The number of benzene rings is 2. The number of rotatable bonds is 4. The number of hydrazine groups is 1. The normalized spacial score (nSPS) is 12.9. The van der Waals surface area contributed by atoms with Crippen LogP contribution in [0.2, 0.25) is 0 Å². The predicted molar refractivity (Wildman–Crippen MR) is 80.2 cm³/mol. The van der Waals surface area contributed by atoms with Gasteiger partial charge >= 0.3 is 0 Å². The van der Waals surface area contributed by atoms with Gasteiger partial charge in [-0.3, -0.25) is 0 Å². The first-order valence-corrected chi connectivity index (χ1v) is 7.10. The minimum atomic E-state index is 0.765. The van der Waals surface area contributed by atoms with Gasteiger partial charge in [0.15, 0.2) is 0 Å². The van der Waals surface area contributed by atoms with Gasteiger partial charge in [0.25, 0.3) is 0 Å². The summed E-state index contributed by atoms with van der Waals surface area (Å²) in [5, 5.41) is 0. The Bertz CT molecular complexity index is 572. The van der Waals surface area contributed by atoms with Crippen LogP contribution in [0.1, 0.15) is 11.1 Å². The number of hydrogen-bond acceptors (Lipinski definition) is 3. The van der Waals surface area contributed by atoms with Crippen LogP contribution in [-0.2, 0) is 13.0 Å². The Morgan fingerprint density at radius 1 is 1.16 bits per heavy atom. The molecular weight excluding hydrogens is 304 g/mol. The maximum Gasteiger partial charge on any atom is 0.136 e. The van der Waals surface area contributed by atoms with Gasteiger partial charge in [0.2, 0.25) is 0 Å². The molecule has 2 aromatic carbocycles. The van der Waals surface area contributed by atoms with E-state index in [1.807, 2.05) is 30.3 Å². The van der Waals surface area contributed by atoms with Crippen molar-refractivity contribution in [3.05, 3.63) is 58.1 Å². The summed E-state index contributed by atoms with van der Waals surface area (Å²) in [5.41, 5.74) is 9.99. The molecule has 2 aromatic rings. The Morgan fingerprint density at radius 2 is 2.00 bits per heavy atom. The predicted octanol–water partition coefficient (Wildman–Crippen LogP) is 3.50. The Hall–Kier alpha value is -1.52. The average molecular weight is 319 g/mol. The largest absolute Gasteiger partial charge is 0.492 e. The van der Waals surface area contributed by atoms with Crippen LogP contribution in [-0.4, -0.2) is 6.61 Å². The first-order valence-electron chi connectivity index (χ1n) is 6.31. The van der Waals surface area contributed by atoms with E-state index in [9.17, 15) is 0 Å². The molecule has 1 aliphatic rings. The van der Waals surface area contributed by atoms with Gasteiger partial charge in [0.05, 0.1) is 11.1 Å². The Morgan fingerprint density at radius 3 is 2.84 bits per heavy atom. The zero-order valence-corrected chi connectivity index (χ0v) is 12.0. The Balaban J connectivity index is 1.63. The Labute approximate surface area is 121 Å². The second-order valence-corrected chi connectivity index (χ2v) is 5.36. The lowest BCUT2D eigenvalue weighted by Gasteiger charge is -2.10. The summed E-state index contributed by atoms with van der Waals surface area (Å²) in [4.78, 5) is 0. The molecule has 0 bridgehead atoms. The van der Waals surface area contributed by atoms with Crippen molar-refractivity contribution >= 4 is 21.6 Å². The Kier molecular flexibility index (Phi) is 3.71. The lowest BCUT2D eigenvalue weighted by molar-refractivity contribution is 0.355. The second kappa shape index (κ2) is 5.63. The molecule has 1 aliphatic heterocycles. The maximum atomic E-state index is 5.58. The highest BCUT2D eigenvalue weighted by Gasteiger charge is 2.16. The molecule has 0 saturated carbocycles. The number of fused-ring (bicyclic) bond motifs is 1. The van der Waals surface area contributed by atoms with Crippen LogP contribution in [0.3, 0.4) is 0 Å². The van der Waals surface area contributed by atoms with Gasteiger partial charge in [-0.15, -0.1) is 0 Å². The molecule has 0 saturated heterocycles. The molecule has 19 heavy (non-hydrogen) atoms. The van der Waals surface area contributed by atoms with Gasteiger partial charge < -0.3 is 10.2 Å². The number of halogens is 1. The third-order valence-corrected chi connectivity index (χ3v) is 3.69. The molecule has 3 nitrogen and oxygen atoms in total. The zero-order chi connectivity index (χ0) is 13.1. The van der Waals surface area contributed by atoms with Crippen molar-refractivity contribution in [3.63, 3.8) is 0 Å². The molecule has 0 fully saturated rings. The van der Waals surface area contributed by atoms with E-state index in [2.05, 4.69) is 38.9 Å². The van der Waals surface area contributed by atoms with E-state index in [0.29, 0.717) is 0 Å². The molecule has 1 heterocycles. The third-order valence-electron chi connectivity index (χ3n) is 3.10. The molecule has 0 spiro atoms. The second-order valence-electron chi connectivity index (χ2n) is 4.51. The minimum absolute atomic E-state index is 0.765. The van der Waals surface area contributed by atoms with Gasteiger partial charge in [-0.05, 0) is 45.3 Å². The molecule has 0 atom stereocenters. The highest BCUT2D eigenvalue weighted by atomic mass is 79.9. The van der Waals surface area contributed by atoms with Crippen molar-refractivity contribution < 1.29 is 4.74 Å². The number of hydrogen-bond donors (Lipinski definition) is 2. The fraction of sp³-hybridized carbons (Fsp3) is 0.200. The molecule has 0 aromatic heterocycles. The molecule has 0 unspecified atom stereocenters. The lowest BCUT2D eigenvalue weighted by atomic mass is 10.1. The van der Waals surface area contributed by atoms with E-state index in [1.165, 1.54) is 11.1 Å². The van der Waals surface area contributed by atoms with Crippen LogP contribution in [0.4, 0.5) is 5.69 Å². The number of ether oxygens (including phenoxy) is 1. The first-order chi connectivity index (χ1) is 9.33. The maximum absolute atomic E-state index is 5.58. The van der Waals surface area contributed by atoms with Crippen molar-refractivity contribution in [2.24, 2.45) is 0 Å². The molecule has 0 aliphatic carbocycles. The van der Waals surface area contributed by atoms with Gasteiger partial charge in [0, 0.05) is 18.7 Å². The van der Waals surface area contributed by atoms with Gasteiger partial charge in [0.1, 0.15) is 5.75 Å². The summed E-state index contributed by atoms with van der Waals surface area (Å²) in [6.45, 7) is 1.55. The van der Waals surface area contributed by atoms with Crippen LogP contribution >= 0.6 is 15.9 Å². The van der Waals surface area contributed by atoms with Gasteiger partial charge in [-0.1, -0.05) is 24.3 Å². The van der Waals surface area contributed by atoms with E-state index in [1.54, 1.807) is 0 Å². The van der Waals surface area contributed by atoms with Gasteiger partial charge in [-0.25, -0.2) is 5.43 Å². The first kappa shape index (κ1) is 12.5. The summed E-state index contributed by atoms with van der Waals surface area (Å²) < 4.78 is 6.62. The molecule has 3 rings (SSSR count). The SMILES string of the molecule is Brc1cc(CNNc2ccccc2)cc2c1OCC2. The monoisotopic (exact) mass is 318 g/mol. The standard InChI is InChI=1S/C15H15BrN2O/c16-14-9-11(8-12-6-7-19-15(12)14)10-17-18-13-4-2-1-3-5-13/h1-5,8-9,17-18H,6-7,10H2. The van der Waals surface area contributed by atoms with Gasteiger partial charge in [-0.2, -0.15) is 0 Å². The fourth-order valence-corrected chi connectivity index (χ4v) is 2.86. The lowest BCUT2D eigenvalue weighted by Crippen LogP contribution is -2.20. The fourth-order valence-electron chi connectivity index (χ4n) is 2.19. The number of para-hydroxylation sites is 1. The molecular formula is C15H15BrN2O. The van der Waals surface area contributed by atoms with E-state index in [4.69, 9.17) is 4.74 Å². The van der Waals surface area contributed by atoms with E-state index < -0.39 is 0 Å². The number of nitrogens with one attached hydrogen (secondary N) is 2. The molecule has 2 N–H and O–H groups in total. The number of anilines is 1. The van der Waals surface area contributed by atoms with Crippen LogP contribution in [0.15, 0.2) is 46.9 Å². The summed E-state index contributed by atoms with van der Waals surface area (Å²) in [6.07, 6.45) is 0.994. The molecule has 98 valence electrons. The quantitative estimate of drug-likeness (QED) is 0.846. The van der Waals surface area contributed by atoms with Crippen LogP contribution in [0.25, 0.3) is 0 Å².